The first-order valence-electron chi connectivity index (χ1n) is 6.42. The number of rotatable bonds is 3. The van der Waals surface area contributed by atoms with Crippen LogP contribution < -0.4 is 5.32 Å². The van der Waals surface area contributed by atoms with Crippen molar-refractivity contribution in [1.29, 1.82) is 0 Å². The minimum absolute atomic E-state index is 0.0125. The van der Waals surface area contributed by atoms with Crippen molar-refractivity contribution in [2.45, 2.75) is 33.0 Å². The number of hydrogen-bond donors (Lipinski definition) is 2. The number of carbonyl (C=O) groups is 2. The minimum atomic E-state index is -1.23. The molecule has 0 spiro atoms. The summed E-state index contributed by atoms with van der Waals surface area (Å²) in [5.41, 5.74) is -0.270. The van der Waals surface area contributed by atoms with Crippen LogP contribution in [0.2, 0.25) is 0 Å². The van der Waals surface area contributed by atoms with Crippen LogP contribution in [0, 0.1) is 11.8 Å². The van der Waals surface area contributed by atoms with E-state index in [1.807, 2.05) is 20.8 Å². The maximum absolute atomic E-state index is 12.3. The molecular weight excluding hydrogens is 262 g/mol. The molecular formula is C13H17N3O4. The smallest absolute Gasteiger partial charge is 0.358 e. The average molecular weight is 279 g/mol. The van der Waals surface area contributed by atoms with Gasteiger partial charge in [0.25, 0.3) is 0 Å². The molecule has 7 heteroatoms. The highest BCUT2D eigenvalue weighted by Crippen LogP contribution is 2.32. The number of amides is 1. The van der Waals surface area contributed by atoms with E-state index in [0.29, 0.717) is 0 Å². The molecule has 2 N–H and O–H groups in total. The third kappa shape index (κ3) is 2.62. The Bertz CT molecular complexity index is 534. The van der Waals surface area contributed by atoms with Gasteiger partial charge in [-0.25, -0.2) is 14.8 Å². The molecule has 7 nitrogen and oxygen atoms in total. The number of aromatic nitrogens is 2. The highest BCUT2D eigenvalue weighted by molar-refractivity contribution is 5.98. The summed E-state index contributed by atoms with van der Waals surface area (Å²) in [5.74, 6) is -1.85. The van der Waals surface area contributed by atoms with E-state index in [1.54, 1.807) is 0 Å². The summed E-state index contributed by atoms with van der Waals surface area (Å²) in [7, 11) is 0. The summed E-state index contributed by atoms with van der Waals surface area (Å²) in [5, 5.41) is 11.6. The quantitative estimate of drug-likeness (QED) is 0.861. The molecule has 108 valence electrons. The summed E-state index contributed by atoms with van der Waals surface area (Å²) in [4.78, 5) is 30.9. The fourth-order valence-corrected chi connectivity index (χ4v) is 2.50. The van der Waals surface area contributed by atoms with Crippen molar-refractivity contribution in [3.8, 4) is 0 Å². The number of nitrogens with zero attached hydrogens (tertiary/aromatic N) is 2. The lowest BCUT2D eigenvalue weighted by molar-refractivity contribution is -0.122. The molecule has 0 radical (unpaired) electrons. The molecule has 20 heavy (non-hydrogen) atoms. The Morgan fingerprint density at radius 1 is 1.20 bits per heavy atom. The van der Waals surface area contributed by atoms with Crippen molar-refractivity contribution in [1.82, 2.24) is 9.97 Å². The zero-order chi connectivity index (χ0) is 14.9. The van der Waals surface area contributed by atoms with Gasteiger partial charge in [0.05, 0.1) is 18.1 Å². The van der Waals surface area contributed by atoms with E-state index in [-0.39, 0.29) is 41.5 Å². The molecule has 4 atom stereocenters. The first-order chi connectivity index (χ1) is 9.41. The van der Waals surface area contributed by atoms with Gasteiger partial charge in [-0.2, -0.15) is 0 Å². The molecule has 0 saturated carbocycles. The molecule has 1 aliphatic heterocycles. The van der Waals surface area contributed by atoms with Crippen LogP contribution in [0.5, 0.6) is 0 Å². The molecule has 4 unspecified atom stereocenters. The predicted molar refractivity (Wildman–Crippen MR) is 70.3 cm³/mol. The highest BCUT2D eigenvalue weighted by atomic mass is 16.5. The van der Waals surface area contributed by atoms with Crippen LogP contribution in [0.4, 0.5) is 5.82 Å². The Hall–Kier alpha value is -2.02. The lowest BCUT2D eigenvalue weighted by atomic mass is 9.89. The number of nitrogens with one attached hydrogen (secondary N) is 1. The van der Waals surface area contributed by atoms with E-state index >= 15 is 0 Å². The Morgan fingerprint density at radius 2 is 1.85 bits per heavy atom. The van der Waals surface area contributed by atoms with Crippen molar-refractivity contribution in [3.05, 3.63) is 18.1 Å². The molecule has 0 bridgehead atoms. The van der Waals surface area contributed by atoms with Gasteiger partial charge in [-0.1, -0.05) is 6.92 Å². The molecule has 2 rings (SSSR count). The van der Waals surface area contributed by atoms with Crippen molar-refractivity contribution < 1.29 is 19.4 Å². The average Bonchev–Trinajstić information content (AvgIpc) is 2.63. The second-order valence-corrected chi connectivity index (χ2v) is 4.98. The Balaban J connectivity index is 2.18. The number of ether oxygens (including phenoxy) is 1. The van der Waals surface area contributed by atoms with Crippen LogP contribution in [-0.4, -0.2) is 39.2 Å². The normalized spacial score (nSPS) is 29.1. The molecule has 1 saturated heterocycles. The van der Waals surface area contributed by atoms with Crippen LogP contribution in [0.25, 0.3) is 0 Å². The van der Waals surface area contributed by atoms with Gasteiger partial charge in [-0.3, -0.25) is 4.79 Å². The predicted octanol–water partition coefficient (Wildman–Crippen LogP) is 1.17. The van der Waals surface area contributed by atoms with E-state index in [9.17, 15) is 9.59 Å². The maximum Gasteiger partial charge on any atom is 0.358 e. The first-order valence-corrected chi connectivity index (χ1v) is 6.42. The largest absolute Gasteiger partial charge is 0.476 e. The Kier molecular flexibility index (Phi) is 3.99. The first kappa shape index (κ1) is 14.4. The number of anilines is 1. The van der Waals surface area contributed by atoms with Crippen molar-refractivity contribution in [2.24, 2.45) is 11.8 Å². The zero-order valence-corrected chi connectivity index (χ0v) is 11.5. The fraction of sp³-hybridized carbons (Fsp3) is 0.538. The number of carboxylic acid groups (broad SMARTS) is 1. The molecule has 0 aromatic carbocycles. The molecule has 1 amide bonds. The van der Waals surface area contributed by atoms with Gasteiger partial charge in [0.2, 0.25) is 5.91 Å². The lowest BCUT2D eigenvalue weighted by Gasteiger charge is -2.17. The summed E-state index contributed by atoms with van der Waals surface area (Å²) < 4.78 is 5.61. The summed E-state index contributed by atoms with van der Waals surface area (Å²) in [6.45, 7) is 5.69. The van der Waals surface area contributed by atoms with Gasteiger partial charge in [-0.15, -0.1) is 0 Å². The van der Waals surface area contributed by atoms with Gasteiger partial charge in [0.15, 0.2) is 11.5 Å². The van der Waals surface area contributed by atoms with Gasteiger partial charge in [-0.05, 0) is 19.8 Å². The topological polar surface area (TPSA) is 101 Å². The molecule has 1 aliphatic rings. The number of hydrogen-bond acceptors (Lipinski definition) is 5. The fourth-order valence-electron chi connectivity index (χ4n) is 2.50. The number of carbonyl (C=O) groups excluding carboxylic acids is 1. The van der Waals surface area contributed by atoms with E-state index < -0.39 is 5.97 Å². The maximum atomic E-state index is 12.3. The van der Waals surface area contributed by atoms with Crippen molar-refractivity contribution in [3.63, 3.8) is 0 Å². The lowest BCUT2D eigenvalue weighted by Crippen LogP contribution is -2.32. The monoisotopic (exact) mass is 279 g/mol. The van der Waals surface area contributed by atoms with Crippen LogP contribution in [0.3, 0.4) is 0 Å². The van der Waals surface area contributed by atoms with E-state index in [0.717, 1.165) is 0 Å². The molecule has 1 fully saturated rings. The Labute approximate surface area is 116 Å². The van der Waals surface area contributed by atoms with Crippen LogP contribution in [-0.2, 0) is 9.53 Å². The third-order valence-electron chi connectivity index (χ3n) is 3.69. The molecule has 2 heterocycles. The van der Waals surface area contributed by atoms with Gasteiger partial charge in [0, 0.05) is 12.4 Å². The van der Waals surface area contributed by atoms with Gasteiger partial charge >= 0.3 is 5.97 Å². The van der Waals surface area contributed by atoms with Gasteiger partial charge < -0.3 is 15.2 Å². The van der Waals surface area contributed by atoms with E-state index in [1.165, 1.54) is 12.4 Å². The standard InChI is InChI=1S/C13H17N3O4/c1-6-7(2)20-8(3)9(6)12(17)16-11-10(13(18)19)14-4-5-15-11/h4-9H,1-3H3,(H,18,19)(H,15,16,17). The second-order valence-electron chi connectivity index (χ2n) is 4.98. The molecule has 1 aromatic heterocycles. The highest BCUT2D eigenvalue weighted by Gasteiger charge is 2.41. The summed E-state index contributed by atoms with van der Waals surface area (Å²) in [6.07, 6.45) is 2.37. The minimum Gasteiger partial charge on any atom is -0.476 e. The number of aromatic carboxylic acids is 1. The van der Waals surface area contributed by atoms with Crippen molar-refractivity contribution in [2.75, 3.05) is 5.32 Å². The Morgan fingerprint density at radius 3 is 2.40 bits per heavy atom. The van der Waals surface area contributed by atoms with Crippen LogP contribution >= 0.6 is 0 Å². The van der Waals surface area contributed by atoms with Gasteiger partial charge in [0.1, 0.15) is 0 Å². The molecule has 0 aliphatic carbocycles. The molecule has 1 aromatic rings. The third-order valence-corrected chi connectivity index (χ3v) is 3.69. The van der Waals surface area contributed by atoms with Crippen LogP contribution in [0.1, 0.15) is 31.3 Å². The summed E-state index contributed by atoms with van der Waals surface area (Å²) >= 11 is 0. The van der Waals surface area contributed by atoms with Crippen molar-refractivity contribution >= 4 is 17.7 Å². The SMILES string of the molecule is CC1OC(C)C(C(=O)Nc2nccnc2C(=O)O)C1C. The number of carboxylic acids is 1. The second kappa shape index (κ2) is 5.54. The van der Waals surface area contributed by atoms with E-state index in [4.69, 9.17) is 9.84 Å². The summed E-state index contributed by atoms with van der Waals surface area (Å²) in [6, 6.07) is 0. The zero-order valence-electron chi connectivity index (χ0n) is 11.5. The van der Waals surface area contributed by atoms with E-state index in [2.05, 4.69) is 15.3 Å². The van der Waals surface area contributed by atoms with Crippen LogP contribution in [0.15, 0.2) is 12.4 Å².